The van der Waals surface area contributed by atoms with Gasteiger partial charge in [0.1, 0.15) is 18.8 Å². The van der Waals surface area contributed by atoms with Crippen molar-refractivity contribution in [1.29, 1.82) is 0 Å². The predicted molar refractivity (Wildman–Crippen MR) is 120 cm³/mol. The molecule has 0 spiro atoms. The molecular weight excluding hydrogens is 424 g/mol. The fourth-order valence-corrected chi connectivity index (χ4v) is 4.27. The second kappa shape index (κ2) is 10.8. The SMILES string of the molecule is C[C@H](NC(=O)OCc1ccccc1)C(=O)NC[C@H]1[C@@H]2CO[C@H](OCc3ccccc3)[C@@H](O)[C@H]12. The smallest absolute Gasteiger partial charge is 0.408 e. The number of fused-ring (bicyclic) bond motifs is 1. The van der Waals surface area contributed by atoms with E-state index in [1.807, 2.05) is 60.7 Å². The molecule has 4 rings (SSSR count). The van der Waals surface area contributed by atoms with Gasteiger partial charge in [0.05, 0.1) is 13.2 Å². The first-order valence-electron chi connectivity index (χ1n) is 11.2. The van der Waals surface area contributed by atoms with Crippen molar-refractivity contribution in [3.63, 3.8) is 0 Å². The van der Waals surface area contributed by atoms with Crippen molar-refractivity contribution in [2.24, 2.45) is 17.8 Å². The first-order chi connectivity index (χ1) is 16.0. The van der Waals surface area contributed by atoms with Crippen LogP contribution in [0.1, 0.15) is 18.1 Å². The number of hydrogen-bond acceptors (Lipinski definition) is 6. The zero-order chi connectivity index (χ0) is 23.2. The predicted octanol–water partition coefficient (Wildman–Crippen LogP) is 2.21. The van der Waals surface area contributed by atoms with Gasteiger partial charge in [-0.25, -0.2) is 4.79 Å². The Hall–Kier alpha value is -2.94. The molecule has 3 N–H and O–H groups in total. The maximum Gasteiger partial charge on any atom is 0.408 e. The lowest BCUT2D eigenvalue weighted by Crippen LogP contribution is -2.45. The van der Waals surface area contributed by atoms with Crippen molar-refractivity contribution >= 4 is 12.0 Å². The Kier molecular flexibility index (Phi) is 7.59. The molecule has 33 heavy (non-hydrogen) atoms. The monoisotopic (exact) mass is 454 g/mol. The number of rotatable bonds is 9. The summed E-state index contributed by atoms with van der Waals surface area (Å²) in [5.74, 6) is 0.0315. The van der Waals surface area contributed by atoms with Crippen molar-refractivity contribution in [3.05, 3.63) is 71.8 Å². The average Bonchev–Trinajstić information content (AvgIpc) is 3.56. The van der Waals surface area contributed by atoms with Crippen LogP contribution in [-0.4, -0.2) is 48.7 Å². The standard InChI is InChI=1S/C25H30N2O6/c1-16(27-25(30)33-14-18-10-6-3-7-11-18)23(29)26-12-19-20-15-32-24(22(28)21(19)20)31-13-17-8-4-2-5-9-17/h2-11,16,19-22,24,28H,12-15H2,1H3,(H,26,29)(H,27,30)/t16-,19-,20-,21+,22-,24-/m0/s1. The van der Waals surface area contributed by atoms with E-state index in [0.717, 1.165) is 11.1 Å². The number of benzene rings is 2. The molecule has 1 heterocycles. The van der Waals surface area contributed by atoms with Crippen molar-refractivity contribution < 1.29 is 28.9 Å². The van der Waals surface area contributed by atoms with Crippen LogP contribution in [0.25, 0.3) is 0 Å². The van der Waals surface area contributed by atoms with E-state index in [1.54, 1.807) is 6.92 Å². The van der Waals surface area contributed by atoms with Crippen molar-refractivity contribution in [2.45, 2.75) is 38.6 Å². The Morgan fingerprint density at radius 1 is 1.06 bits per heavy atom. The van der Waals surface area contributed by atoms with Gasteiger partial charge in [-0.2, -0.15) is 0 Å². The maximum absolute atomic E-state index is 12.4. The van der Waals surface area contributed by atoms with E-state index in [1.165, 1.54) is 0 Å². The fourth-order valence-electron chi connectivity index (χ4n) is 4.27. The van der Waals surface area contributed by atoms with Gasteiger partial charge in [0.2, 0.25) is 5.91 Å². The Labute approximate surface area is 193 Å². The molecular formula is C25H30N2O6. The number of carbonyl (C=O) groups is 2. The van der Waals surface area contributed by atoms with Crippen LogP contribution in [-0.2, 0) is 32.2 Å². The molecule has 2 fully saturated rings. The van der Waals surface area contributed by atoms with E-state index in [4.69, 9.17) is 14.2 Å². The van der Waals surface area contributed by atoms with Crippen molar-refractivity contribution in [2.75, 3.05) is 13.2 Å². The highest BCUT2D eigenvalue weighted by Gasteiger charge is 2.59. The van der Waals surface area contributed by atoms with E-state index in [9.17, 15) is 14.7 Å². The summed E-state index contributed by atoms with van der Waals surface area (Å²) >= 11 is 0. The Balaban J connectivity index is 1.16. The molecule has 0 unspecified atom stereocenters. The lowest BCUT2D eigenvalue weighted by Gasteiger charge is -2.27. The molecule has 1 saturated carbocycles. The van der Waals surface area contributed by atoms with Gasteiger partial charge in [-0.1, -0.05) is 60.7 Å². The second-order valence-corrected chi connectivity index (χ2v) is 8.57. The summed E-state index contributed by atoms with van der Waals surface area (Å²) in [5.41, 5.74) is 1.88. The lowest BCUT2D eigenvalue weighted by atomic mass is 10.1. The third-order valence-corrected chi connectivity index (χ3v) is 6.23. The summed E-state index contributed by atoms with van der Waals surface area (Å²) in [6.07, 6.45) is -2.06. The maximum atomic E-state index is 12.4. The molecule has 8 nitrogen and oxygen atoms in total. The molecule has 0 radical (unpaired) electrons. The number of carbonyl (C=O) groups excluding carboxylic acids is 2. The highest BCUT2D eigenvalue weighted by Crippen LogP contribution is 2.52. The normalized spacial score (nSPS) is 26.5. The molecule has 176 valence electrons. The van der Waals surface area contributed by atoms with Gasteiger partial charge < -0.3 is 30.0 Å². The minimum absolute atomic E-state index is 0.0268. The van der Waals surface area contributed by atoms with Crippen LogP contribution >= 0.6 is 0 Å². The van der Waals surface area contributed by atoms with Gasteiger partial charge in [-0.3, -0.25) is 4.79 Å². The quantitative estimate of drug-likeness (QED) is 0.537. The molecule has 6 atom stereocenters. The van der Waals surface area contributed by atoms with Crippen LogP contribution in [0.15, 0.2) is 60.7 Å². The van der Waals surface area contributed by atoms with Gasteiger partial charge >= 0.3 is 6.09 Å². The third-order valence-electron chi connectivity index (χ3n) is 6.23. The molecule has 0 aromatic heterocycles. The van der Waals surface area contributed by atoms with E-state index < -0.39 is 24.5 Å². The van der Waals surface area contributed by atoms with E-state index in [2.05, 4.69) is 10.6 Å². The van der Waals surface area contributed by atoms with E-state index in [-0.39, 0.29) is 30.3 Å². The molecule has 8 heteroatoms. The number of aliphatic hydroxyl groups is 1. The molecule has 0 bridgehead atoms. The Morgan fingerprint density at radius 3 is 2.36 bits per heavy atom. The van der Waals surface area contributed by atoms with Crippen LogP contribution in [0.2, 0.25) is 0 Å². The summed E-state index contributed by atoms with van der Waals surface area (Å²) in [7, 11) is 0. The number of aliphatic hydroxyl groups excluding tert-OH is 1. The highest BCUT2D eigenvalue weighted by atomic mass is 16.7. The summed E-state index contributed by atoms with van der Waals surface area (Å²) in [6.45, 7) is 3.00. The number of ether oxygens (including phenoxy) is 3. The van der Waals surface area contributed by atoms with Gasteiger partial charge in [0.15, 0.2) is 6.29 Å². The van der Waals surface area contributed by atoms with Gasteiger partial charge in [-0.15, -0.1) is 0 Å². The van der Waals surface area contributed by atoms with Crippen LogP contribution < -0.4 is 10.6 Å². The van der Waals surface area contributed by atoms with Gasteiger partial charge in [0, 0.05) is 12.5 Å². The van der Waals surface area contributed by atoms with E-state index in [0.29, 0.717) is 19.8 Å². The Morgan fingerprint density at radius 2 is 1.70 bits per heavy atom. The topological polar surface area (TPSA) is 106 Å². The molecule has 2 aliphatic rings. The van der Waals surface area contributed by atoms with Crippen LogP contribution in [0, 0.1) is 17.8 Å². The Bertz CT molecular complexity index is 925. The van der Waals surface area contributed by atoms with Gasteiger partial charge in [0.25, 0.3) is 0 Å². The fraction of sp³-hybridized carbons (Fsp3) is 0.440. The first-order valence-corrected chi connectivity index (χ1v) is 11.2. The summed E-state index contributed by atoms with van der Waals surface area (Å²) < 4.78 is 16.6. The number of alkyl carbamates (subject to hydrolysis) is 1. The first kappa shape index (κ1) is 23.2. The van der Waals surface area contributed by atoms with Gasteiger partial charge in [-0.05, 0) is 29.9 Å². The minimum Gasteiger partial charge on any atom is -0.445 e. The van der Waals surface area contributed by atoms with Crippen LogP contribution in [0.5, 0.6) is 0 Å². The average molecular weight is 455 g/mol. The van der Waals surface area contributed by atoms with Crippen molar-refractivity contribution in [1.82, 2.24) is 10.6 Å². The largest absolute Gasteiger partial charge is 0.445 e. The zero-order valence-electron chi connectivity index (χ0n) is 18.6. The lowest BCUT2D eigenvalue weighted by molar-refractivity contribution is -0.223. The molecule has 2 aromatic carbocycles. The highest BCUT2D eigenvalue weighted by molar-refractivity contribution is 5.85. The summed E-state index contributed by atoms with van der Waals surface area (Å²) in [5, 5.41) is 16.0. The van der Waals surface area contributed by atoms with Crippen LogP contribution in [0.4, 0.5) is 4.79 Å². The molecule has 1 aliphatic heterocycles. The van der Waals surface area contributed by atoms with E-state index >= 15 is 0 Å². The second-order valence-electron chi connectivity index (χ2n) is 8.57. The molecule has 1 aliphatic carbocycles. The summed E-state index contributed by atoms with van der Waals surface area (Å²) in [6, 6.07) is 18.3. The molecule has 1 saturated heterocycles. The summed E-state index contributed by atoms with van der Waals surface area (Å²) in [4.78, 5) is 24.3. The number of nitrogens with one attached hydrogen (secondary N) is 2. The molecule has 2 aromatic rings. The number of hydrogen-bond donors (Lipinski definition) is 3. The third kappa shape index (κ3) is 6.10. The van der Waals surface area contributed by atoms with Crippen LogP contribution in [0.3, 0.4) is 0 Å². The molecule has 2 amide bonds. The zero-order valence-corrected chi connectivity index (χ0v) is 18.6. The van der Waals surface area contributed by atoms with Crippen molar-refractivity contribution in [3.8, 4) is 0 Å². The minimum atomic E-state index is -0.739. The number of amides is 2.